The highest BCUT2D eigenvalue weighted by Crippen LogP contribution is 2.26. The van der Waals surface area contributed by atoms with Crippen molar-refractivity contribution in [3.8, 4) is 0 Å². The fraction of sp³-hybridized carbons (Fsp3) is 0.863. The first kappa shape index (κ1) is 60.3. The summed E-state index contributed by atoms with van der Waals surface area (Å²) in [6.45, 7) is 3.97. The van der Waals surface area contributed by atoms with Crippen LogP contribution in [0.3, 0.4) is 0 Å². The number of hydrogen-bond acceptors (Lipinski definition) is 11. The summed E-state index contributed by atoms with van der Waals surface area (Å²) in [4.78, 5) is 12.9. The number of aliphatic hydroxyl groups excluding tert-OH is 3. The van der Waals surface area contributed by atoms with Crippen LogP contribution in [0.1, 0.15) is 219 Å². The molecule has 376 valence electrons. The van der Waals surface area contributed by atoms with E-state index in [4.69, 9.17) is 18.9 Å². The van der Waals surface area contributed by atoms with Crippen molar-refractivity contribution in [3.05, 3.63) is 36.5 Å². The highest BCUT2D eigenvalue weighted by Gasteiger charge is 2.48. The average Bonchev–Trinajstić information content (AvgIpc) is 3.27. The zero-order chi connectivity index (χ0) is 46.8. The maximum atomic E-state index is 12.9. The minimum Gasteiger partial charge on any atom is -0.457 e. The molecule has 13 heteroatoms. The number of rotatable bonds is 45. The van der Waals surface area contributed by atoms with Crippen molar-refractivity contribution in [2.45, 2.75) is 256 Å². The molecule has 0 aromatic rings. The smallest absolute Gasteiger partial charge is 0.397 e. The third-order valence-electron chi connectivity index (χ3n) is 11.7. The molecule has 0 aromatic heterocycles. The molecule has 0 aromatic carbocycles. The molecule has 0 radical (unpaired) electrons. The molecule has 64 heavy (non-hydrogen) atoms. The topological polar surface area (TPSA) is 178 Å². The summed E-state index contributed by atoms with van der Waals surface area (Å²) in [6, 6.07) is 0. The first-order valence-corrected chi connectivity index (χ1v) is 27.1. The predicted octanol–water partition coefficient (Wildman–Crippen LogP) is 11.7. The zero-order valence-corrected chi connectivity index (χ0v) is 41.2. The lowest BCUT2D eigenvalue weighted by Gasteiger charge is -2.41. The van der Waals surface area contributed by atoms with Gasteiger partial charge in [-0.15, -0.1) is 0 Å². The van der Waals surface area contributed by atoms with Crippen molar-refractivity contribution in [1.82, 2.24) is 0 Å². The Balaban J connectivity index is 2.31. The zero-order valence-electron chi connectivity index (χ0n) is 40.3. The summed E-state index contributed by atoms with van der Waals surface area (Å²) < 4.78 is 59.2. The summed E-state index contributed by atoms with van der Waals surface area (Å²) in [7, 11) is -5.06. The van der Waals surface area contributed by atoms with Crippen molar-refractivity contribution < 1.29 is 56.2 Å². The van der Waals surface area contributed by atoms with E-state index in [0.717, 1.165) is 64.2 Å². The predicted molar refractivity (Wildman–Crippen MR) is 257 cm³/mol. The molecule has 1 heterocycles. The van der Waals surface area contributed by atoms with E-state index in [1.807, 2.05) is 0 Å². The molecule has 0 amide bonds. The number of esters is 1. The summed E-state index contributed by atoms with van der Waals surface area (Å²) in [5.74, 6) is -0.408. The Morgan fingerprint density at radius 2 is 1.03 bits per heavy atom. The van der Waals surface area contributed by atoms with Gasteiger partial charge in [0.15, 0.2) is 6.29 Å². The second kappa shape index (κ2) is 42.7. The van der Waals surface area contributed by atoms with Crippen molar-refractivity contribution in [2.24, 2.45) is 0 Å². The Bertz CT molecular complexity index is 1260. The van der Waals surface area contributed by atoms with E-state index in [9.17, 15) is 33.1 Å². The van der Waals surface area contributed by atoms with Gasteiger partial charge in [-0.05, 0) is 70.6 Å². The molecule has 1 saturated heterocycles. The average molecular weight is 931 g/mol. The number of carbonyl (C=O) groups is 1. The lowest BCUT2D eigenvalue weighted by atomic mass is 9.99. The molecular weight excluding hydrogens is 837 g/mol. The molecule has 0 bridgehead atoms. The van der Waals surface area contributed by atoms with Crippen LogP contribution in [-0.2, 0) is 38.3 Å². The summed E-state index contributed by atoms with van der Waals surface area (Å²) >= 11 is 0. The molecule has 0 saturated carbocycles. The van der Waals surface area contributed by atoms with E-state index in [0.29, 0.717) is 13.0 Å². The Kier molecular flexibility index (Phi) is 40.2. The molecule has 0 aliphatic carbocycles. The molecule has 1 fully saturated rings. The van der Waals surface area contributed by atoms with Gasteiger partial charge in [0.2, 0.25) is 0 Å². The molecule has 6 atom stereocenters. The third-order valence-corrected chi connectivity index (χ3v) is 12.2. The van der Waals surface area contributed by atoms with Crippen LogP contribution in [0.4, 0.5) is 0 Å². The van der Waals surface area contributed by atoms with Crippen LogP contribution in [0.25, 0.3) is 0 Å². The molecule has 1 aliphatic heterocycles. The molecule has 4 N–H and O–H groups in total. The van der Waals surface area contributed by atoms with Gasteiger partial charge >= 0.3 is 16.4 Å². The van der Waals surface area contributed by atoms with Crippen molar-refractivity contribution in [3.63, 3.8) is 0 Å². The lowest BCUT2D eigenvalue weighted by Crippen LogP contribution is -2.60. The van der Waals surface area contributed by atoms with Gasteiger partial charge in [-0.25, -0.2) is 4.18 Å². The minimum atomic E-state index is -5.06. The highest BCUT2D eigenvalue weighted by molar-refractivity contribution is 7.80. The van der Waals surface area contributed by atoms with E-state index < -0.39 is 59.8 Å². The number of aliphatic hydroxyl groups is 3. The van der Waals surface area contributed by atoms with Gasteiger partial charge in [0.1, 0.15) is 30.5 Å². The van der Waals surface area contributed by atoms with E-state index >= 15 is 0 Å². The van der Waals surface area contributed by atoms with Crippen LogP contribution in [0.5, 0.6) is 0 Å². The van der Waals surface area contributed by atoms with Crippen LogP contribution in [0.2, 0.25) is 0 Å². The van der Waals surface area contributed by atoms with Gasteiger partial charge in [-0.3, -0.25) is 9.35 Å². The lowest BCUT2D eigenvalue weighted by molar-refractivity contribution is -0.301. The number of allylic oxidation sites excluding steroid dienone is 6. The Morgan fingerprint density at radius 3 is 1.52 bits per heavy atom. The molecule has 1 rings (SSSR count). The summed E-state index contributed by atoms with van der Waals surface area (Å²) in [5.41, 5.74) is 0. The third kappa shape index (κ3) is 35.5. The van der Waals surface area contributed by atoms with Gasteiger partial charge in [0.25, 0.3) is 0 Å². The van der Waals surface area contributed by atoms with Gasteiger partial charge < -0.3 is 34.3 Å². The number of unbranched alkanes of at least 4 members (excludes halogenated alkanes) is 26. The van der Waals surface area contributed by atoms with Crippen molar-refractivity contribution in [1.29, 1.82) is 0 Å². The summed E-state index contributed by atoms with van der Waals surface area (Å²) in [5, 5.41) is 30.7. The molecule has 6 unspecified atom stereocenters. The Labute approximate surface area is 390 Å². The van der Waals surface area contributed by atoms with E-state index in [2.05, 4.69) is 54.5 Å². The SMILES string of the molecule is CCCCCC/C=C\CCCCCCCC(=O)OC(COCCCCCCCCCCCCCC/C=C\C/C=C\CCCCCCC)COC1OC(CO)C(O)C(OS(=O)(=O)O)C1O. The van der Waals surface area contributed by atoms with Crippen LogP contribution < -0.4 is 0 Å². The van der Waals surface area contributed by atoms with Gasteiger partial charge in [0, 0.05) is 13.0 Å². The monoisotopic (exact) mass is 931 g/mol. The molecule has 0 spiro atoms. The largest absolute Gasteiger partial charge is 0.457 e. The maximum Gasteiger partial charge on any atom is 0.397 e. The van der Waals surface area contributed by atoms with Crippen molar-refractivity contribution in [2.75, 3.05) is 26.4 Å². The second-order valence-electron chi connectivity index (χ2n) is 17.8. The van der Waals surface area contributed by atoms with E-state index in [1.165, 1.54) is 128 Å². The Hall–Kier alpha value is -1.68. The number of hydrogen-bond donors (Lipinski definition) is 4. The quantitative estimate of drug-likeness (QED) is 0.0197. The van der Waals surface area contributed by atoms with E-state index in [1.54, 1.807) is 0 Å². The van der Waals surface area contributed by atoms with Crippen LogP contribution in [0.15, 0.2) is 36.5 Å². The van der Waals surface area contributed by atoms with Crippen molar-refractivity contribution >= 4 is 16.4 Å². The van der Waals surface area contributed by atoms with Crippen LogP contribution in [-0.4, -0.2) is 97.5 Å². The van der Waals surface area contributed by atoms with Gasteiger partial charge in [-0.2, -0.15) is 8.42 Å². The fourth-order valence-electron chi connectivity index (χ4n) is 7.82. The normalized spacial score (nSPS) is 20.0. The summed E-state index contributed by atoms with van der Waals surface area (Å²) in [6.07, 6.45) is 41.8. The van der Waals surface area contributed by atoms with Crippen LogP contribution in [0, 0.1) is 0 Å². The van der Waals surface area contributed by atoms with Crippen LogP contribution >= 0.6 is 0 Å². The maximum absolute atomic E-state index is 12.9. The highest BCUT2D eigenvalue weighted by atomic mass is 32.3. The second-order valence-corrected chi connectivity index (χ2v) is 18.8. The van der Waals surface area contributed by atoms with E-state index in [-0.39, 0.29) is 19.6 Å². The van der Waals surface area contributed by atoms with Gasteiger partial charge in [0.05, 0.1) is 19.8 Å². The molecule has 12 nitrogen and oxygen atoms in total. The number of carbonyl (C=O) groups excluding carboxylic acids is 1. The Morgan fingerprint density at radius 1 is 0.594 bits per heavy atom. The molecular formula is C51H94O12S. The fourth-order valence-corrected chi connectivity index (χ4v) is 8.32. The standard InChI is InChI=1S/C51H94O12S/c1-3-5-7-9-11-13-15-17-18-19-20-21-22-23-24-25-26-27-29-31-33-35-37-39-41-59-43-45(44-60-51-49(55)50(63-64(56,57)58)48(54)46(42-52)62-51)61-47(53)40-38-36-34-32-30-28-16-14-12-10-8-6-4-2/h14-17,19-20,45-46,48-52,54-55H,3-13,18,21-44H2,1-2H3,(H,56,57,58)/b16-14-,17-15-,20-19-. The first-order valence-electron chi connectivity index (χ1n) is 25.7. The first-order chi connectivity index (χ1) is 31.1. The minimum absolute atomic E-state index is 0.0331. The van der Waals surface area contributed by atoms with Gasteiger partial charge in [-0.1, -0.05) is 179 Å². The number of ether oxygens (including phenoxy) is 4. The molecule has 1 aliphatic rings.